The van der Waals surface area contributed by atoms with Crippen LogP contribution in [0.1, 0.15) is 51.6 Å². The van der Waals surface area contributed by atoms with E-state index in [1.807, 2.05) is 24.3 Å². The van der Waals surface area contributed by atoms with Gasteiger partial charge in [-0.2, -0.15) is 5.10 Å². The van der Waals surface area contributed by atoms with Crippen LogP contribution in [0.2, 0.25) is 5.02 Å². The first-order valence-corrected chi connectivity index (χ1v) is 9.90. The van der Waals surface area contributed by atoms with Gasteiger partial charge in [0, 0.05) is 21.8 Å². The summed E-state index contributed by atoms with van der Waals surface area (Å²) in [5, 5.41) is 7.25. The Bertz CT molecular complexity index is 1080. The zero-order chi connectivity index (χ0) is 21.5. The van der Waals surface area contributed by atoms with Crippen LogP contribution in [0.4, 0.5) is 5.69 Å². The van der Waals surface area contributed by atoms with Crippen LogP contribution in [-0.2, 0) is 0 Å². The van der Waals surface area contributed by atoms with Gasteiger partial charge in [-0.25, -0.2) is 5.43 Å². The topological polar surface area (TPSA) is 70.6 Å². The molecule has 0 radical (unpaired) electrons. The van der Waals surface area contributed by atoms with Crippen LogP contribution in [0.25, 0.3) is 0 Å². The third-order valence-corrected chi connectivity index (χ3v) is 4.69. The number of anilines is 1. The van der Waals surface area contributed by atoms with Crippen LogP contribution in [0.15, 0.2) is 77.9 Å². The standard InChI is InChI=1S/C24H22ClN3O2/c1-16(2)18-11-9-17(10-12-18)15-26-28-24(30)20-6-4-8-22(14-20)27-23(29)19-5-3-7-21(25)13-19/h3-16H,1-2H3,(H,27,29)(H,28,30). The number of amides is 2. The Labute approximate surface area is 180 Å². The predicted octanol–water partition coefficient (Wildman–Crippen LogP) is 5.48. The quantitative estimate of drug-likeness (QED) is 0.410. The summed E-state index contributed by atoms with van der Waals surface area (Å²) in [4.78, 5) is 24.7. The third kappa shape index (κ3) is 5.78. The van der Waals surface area contributed by atoms with Crippen LogP contribution in [0.5, 0.6) is 0 Å². The summed E-state index contributed by atoms with van der Waals surface area (Å²) < 4.78 is 0. The second-order valence-electron chi connectivity index (χ2n) is 7.07. The van der Waals surface area contributed by atoms with E-state index in [0.717, 1.165) is 5.56 Å². The molecule has 0 aliphatic heterocycles. The van der Waals surface area contributed by atoms with Gasteiger partial charge in [-0.3, -0.25) is 9.59 Å². The zero-order valence-electron chi connectivity index (χ0n) is 16.7. The number of carbonyl (C=O) groups excluding carboxylic acids is 2. The molecule has 5 nitrogen and oxygen atoms in total. The van der Waals surface area contributed by atoms with Crippen molar-refractivity contribution in [3.63, 3.8) is 0 Å². The molecule has 0 saturated carbocycles. The van der Waals surface area contributed by atoms with E-state index in [9.17, 15) is 9.59 Å². The minimum atomic E-state index is -0.371. The number of hydrogen-bond donors (Lipinski definition) is 2. The molecule has 3 aromatic carbocycles. The second-order valence-corrected chi connectivity index (χ2v) is 7.50. The third-order valence-electron chi connectivity index (χ3n) is 4.45. The SMILES string of the molecule is CC(C)c1ccc(C=NNC(=O)c2cccc(NC(=O)c3cccc(Cl)c3)c2)cc1. The van der Waals surface area contributed by atoms with E-state index >= 15 is 0 Å². The number of halogens is 1. The molecule has 0 aliphatic carbocycles. The van der Waals surface area contributed by atoms with Crippen molar-refractivity contribution in [2.75, 3.05) is 5.32 Å². The van der Waals surface area contributed by atoms with Crippen LogP contribution >= 0.6 is 11.6 Å². The van der Waals surface area contributed by atoms with Gasteiger partial charge in [-0.1, -0.05) is 61.8 Å². The molecule has 0 fully saturated rings. The molecule has 2 amide bonds. The van der Waals surface area contributed by atoms with Crippen LogP contribution in [0, 0.1) is 0 Å². The Hall–Kier alpha value is -3.44. The van der Waals surface area contributed by atoms with Crippen LogP contribution in [0.3, 0.4) is 0 Å². The number of nitrogens with zero attached hydrogens (tertiary/aromatic N) is 1. The average molecular weight is 420 g/mol. The van der Waals surface area contributed by atoms with Crippen LogP contribution < -0.4 is 10.7 Å². The molecule has 152 valence electrons. The molecule has 3 rings (SSSR count). The fraction of sp³-hybridized carbons (Fsp3) is 0.125. The van der Waals surface area contributed by atoms with Gasteiger partial charge in [0.2, 0.25) is 0 Å². The van der Waals surface area contributed by atoms with Gasteiger partial charge >= 0.3 is 0 Å². The smallest absolute Gasteiger partial charge is 0.271 e. The van der Waals surface area contributed by atoms with Crippen molar-refractivity contribution in [1.29, 1.82) is 0 Å². The average Bonchev–Trinajstić information content (AvgIpc) is 2.74. The number of nitrogens with one attached hydrogen (secondary N) is 2. The van der Waals surface area contributed by atoms with Gasteiger partial charge in [-0.15, -0.1) is 0 Å². The Morgan fingerprint density at radius 1 is 0.900 bits per heavy atom. The fourth-order valence-corrected chi connectivity index (χ4v) is 2.96. The van der Waals surface area contributed by atoms with Crippen molar-refractivity contribution >= 4 is 35.3 Å². The Morgan fingerprint density at radius 3 is 2.23 bits per heavy atom. The molecule has 0 atom stereocenters. The van der Waals surface area contributed by atoms with E-state index in [-0.39, 0.29) is 11.8 Å². The Kier molecular flexibility index (Phi) is 6.99. The van der Waals surface area contributed by atoms with E-state index < -0.39 is 0 Å². The van der Waals surface area contributed by atoms with Crippen molar-refractivity contribution < 1.29 is 9.59 Å². The highest BCUT2D eigenvalue weighted by molar-refractivity contribution is 6.31. The highest BCUT2D eigenvalue weighted by Crippen LogP contribution is 2.16. The summed E-state index contributed by atoms with van der Waals surface area (Å²) in [7, 11) is 0. The first-order valence-electron chi connectivity index (χ1n) is 9.53. The van der Waals surface area contributed by atoms with E-state index in [0.29, 0.717) is 27.8 Å². The molecule has 0 heterocycles. The number of carbonyl (C=O) groups is 2. The zero-order valence-corrected chi connectivity index (χ0v) is 17.5. The van der Waals surface area contributed by atoms with Gasteiger partial charge in [-0.05, 0) is 53.4 Å². The van der Waals surface area contributed by atoms with E-state index in [1.54, 1.807) is 54.7 Å². The highest BCUT2D eigenvalue weighted by atomic mass is 35.5. The monoisotopic (exact) mass is 419 g/mol. The molecular formula is C24H22ClN3O2. The number of rotatable bonds is 6. The van der Waals surface area contributed by atoms with Gasteiger partial charge < -0.3 is 5.32 Å². The minimum absolute atomic E-state index is 0.307. The van der Waals surface area contributed by atoms with E-state index in [1.165, 1.54) is 5.56 Å². The van der Waals surface area contributed by atoms with Crippen molar-refractivity contribution in [3.05, 3.63) is 100 Å². The highest BCUT2D eigenvalue weighted by Gasteiger charge is 2.09. The molecule has 0 aromatic heterocycles. The minimum Gasteiger partial charge on any atom is -0.322 e. The van der Waals surface area contributed by atoms with E-state index in [4.69, 9.17) is 11.6 Å². The van der Waals surface area contributed by atoms with Gasteiger partial charge in [0.25, 0.3) is 11.8 Å². The van der Waals surface area contributed by atoms with E-state index in [2.05, 4.69) is 29.7 Å². The lowest BCUT2D eigenvalue weighted by molar-refractivity contribution is 0.0953. The molecule has 0 unspecified atom stereocenters. The lowest BCUT2D eigenvalue weighted by Gasteiger charge is -2.07. The summed E-state index contributed by atoms with van der Waals surface area (Å²) in [5.41, 5.74) is 5.96. The maximum Gasteiger partial charge on any atom is 0.271 e. The van der Waals surface area contributed by atoms with Crippen LogP contribution in [-0.4, -0.2) is 18.0 Å². The lowest BCUT2D eigenvalue weighted by Crippen LogP contribution is -2.18. The summed E-state index contributed by atoms with van der Waals surface area (Å²) >= 11 is 5.93. The summed E-state index contributed by atoms with van der Waals surface area (Å²) in [6, 6.07) is 21.3. The molecule has 0 bridgehead atoms. The maximum atomic E-state index is 12.4. The molecule has 3 aromatic rings. The molecule has 0 aliphatic rings. The fourth-order valence-electron chi connectivity index (χ4n) is 2.77. The molecule has 0 saturated heterocycles. The van der Waals surface area contributed by atoms with Gasteiger partial charge in [0.15, 0.2) is 0 Å². The summed E-state index contributed by atoms with van der Waals surface area (Å²) in [6.07, 6.45) is 1.59. The second kappa shape index (κ2) is 9.85. The van der Waals surface area contributed by atoms with Crippen molar-refractivity contribution in [2.24, 2.45) is 5.10 Å². The number of hydrazone groups is 1. The van der Waals surface area contributed by atoms with Gasteiger partial charge in [0.1, 0.15) is 0 Å². The first kappa shape index (κ1) is 21.3. The first-order chi connectivity index (χ1) is 14.4. The largest absolute Gasteiger partial charge is 0.322 e. The molecular weight excluding hydrogens is 398 g/mol. The Morgan fingerprint density at radius 2 is 1.57 bits per heavy atom. The summed E-state index contributed by atoms with van der Waals surface area (Å²) in [6.45, 7) is 4.27. The molecule has 6 heteroatoms. The number of benzene rings is 3. The van der Waals surface area contributed by atoms with Crippen molar-refractivity contribution in [3.8, 4) is 0 Å². The predicted molar refractivity (Wildman–Crippen MR) is 121 cm³/mol. The van der Waals surface area contributed by atoms with Crippen molar-refractivity contribution in [1.82, 2.24) is 5.43 Å². The normalized spacial score (nSPS) is 10.9. The molecule has 0 spiro atoms. The molecule has 30 heavy (non-hydrogen) atoms. The number of hydrogen-bond acceptors (Lipinski definition) is 3. The maximum absolute atomic E-state index is 12.4. The molecule has 2 N–H and O–H groups in total. The summed E-state index contributed by atoms with van der Waals surface area (Å²) in [5.74, 6) is -0.218. The van der Waals surface area contributed by atoms with Gasteiger partial charge in [0.05, 0.1) is 6.21 Å². The Balaban J connectivity index is 1.62. The lowest BCUT2D eigenvalue weighted by atomic mass is 10.0. The van der Waals surface area contributed by atoms with Crippen molar-refractivity contribution in [2.45, 2.75) is 19.8 Å².